The maximum atomic E-state index is 12.0. The summed E-state index contributed by atoms with van der Waals surface area (Å²) in [6, 6.07) is 6.29. The zero-order valence-electron chi connectivity index (χ0n) is 12.3. The third kappa shape index (κ3) is 7.20. The number of halogens is 3. The highest BCUT2D eigenvalue weighted by Crippen LogP contribution is 2.27. The Labute approximate surface area is 143 Å². The molecule has 1 rings (SSSR count). The summed E-state index contributed by atoms with van der Waals surface area (Å²) in [5, 5.41) is 2.48. The van der Waals surface area contributed by atoms with Crippen molar-refractivity contribution in [3.05, 3.63) is 29.8 Å². The molecule has 1 aromatic carbocycles. The molecular formula is C14H16Cl3NO4. The normalized spacial score (nSPS) is 11.7. The van der Waals surface area contributed by atoms with E-state index in [9.17, 15) is 9.59 Å². The van der Waals surface area contributed by atoms with Crippen molar-refractivity contribution in [2.24, 2.45) is 0 Å². The number of anilines is 1. The number of hydrogen-bond acceptors (Lipinski definition) is 4. The Hall–Kier alpha value is -1.17. The number of carbonyl (C=O) groups excluding carboxylic acids is 2. The minimum Gasteiger partial charge on any atom is -0.457 e. The van der Waals surface area contributed by atoms with Gasteiger partial charge in [-0.25, -0.2) is 9.59 Å². The highest BCUT2D eigenvalue weighted by Gasteiger charge is 2.24. The average molecular weight is 369 g/mol. The second-order valence-electron chi connectivity index (χ2n) is 5.36. The van der Waals surface area contributed by atoms with E-state index in [0.717, 1.165) is 0 Å². The number of esters is 1. The summed E-state index contributed by atoms with van der Waals surface area (Å²) in [6.07, 6.45) is -0.686. The Bertz CT molecular complexity index is 550. The molecule has 0 atom stereocenters. The molecule has 0 aliphatic heterocycles. The molecule has 0 aliphatic carbocycles. The van der Waals surface area contributed by atoms with Crippen LogP contribution >= 0.6 is 34.8 Å². The standard InChI is InChI=1S/C14H16Cl3NO4/c1-13(2,3)22-12(20)18-10-7-5-4-6-9(10)11(19)21-8-14(15,16)17/h4-7H,8H2,1-3H3,(H,18,20). The van der Waals surface area contributed by atoms with Crippen molar-refractivity contribution in [2.75, 3.05) is 11.9 Å². The molecule has 8 heteroatoms. The molecule has 122 valence electrons. The number of nitrogens with one attached hydrogen (secondary N) is 1. The van der Waals surface area contributed by atoms with Crippen LogP contribution in [0.2, 0.25) is 0 Å². The van der Waals surface area contributed by atoms with Crippen LogP contribution in [0.25, 0.3) is 0 Å². The fourth-order valence-corrected chi connectivity index (χ4v) is 1.57. The van der Waals surface area contributed by atoms with Crippen LogP contribution in [0.5, 0.6) is 0 Å². The van der Waals surface area contributed by atoms with Crippen molar-refractivity contribution in [1.82, 2.24) is 0 Å². The van der Waals surface area contributed by atoms with Gasteiger partial charge in [0.15, 0.2) is 0 Å². The molecule has 0 aromatic heterocycles. The number of ether oxygens (including phenoxy) is 2. The quantitative estimate of drug-likeness (QED) is 0.627. The molecule has 0 bridgehead atoms. The number of alkyl halides is 3. The Morgan fingerprint density at radius 1 is 1.14 bits per heavy atom. The van der Waals surface area contributed by atoms with E-state index < -0.39 is 28.1 Å². The molecule has 0 fully saturated rings. The predicted octanol–water partition coefficient (Wildman–Crippen LogP) is 4.56. The summed E-state index contributed by atoms with van der Waals surface area (Å²) in [7, 11) is 0. The molecular weight excluding hydrogens is 353 g/mol. The van der Waals surface area contributed by atoms with Gasteiger partial charge in [0.1, 0.15) is 12.2 Å². The predicted molar refractivity (Wildman–Crippen MR) is 86.9 cm³/mol. The van der Waals surface area contributed by atoms with Gasteiger partial charge in [0, 0.05) is 0 Å². The maximum Gasteiger partial charge on any atom is 0.412 e. The van der Waals surface area contributed by atoms with Gasteiger partial charge in [-0.1, -0.05) is 46.9 Å². The number of amides is 1. The maximum absolute atomic E-state index is 12.0. The average Bonchev–Trinajstić information content (AvgIpc) is 2.33. The minimum absolute atomic E-state index is 0.127. The SMILES string of the molecule is CC(C)(C)OC(=O)Nc1ccccc1C(=O)OCC(Cl)(Cl)Cl. The van der Waals surface area contributed by atoms with Crippen LogP contribution < -0.4 is 5.32 Å². The first-order valence-corrected chi connectivity index (χ1v) is 7.44. The van der Waals surface area contributed by atoms with Gasteiger partial charge in [-0.2, -0.15) is 0 Å². The topological polar surface area (TPSA) is 64.6 Å². The lowest BCUT2D eigenvalue weighted by Crippen LogP contribution is -2.28. The van der Waals surface area contributed by atoms with Crippen molar-refractivity contribution < 1.29 is 19.1 Å². The van der Waals surface area contributed by atoms with Gasteiger partial charge in [0.25, 0.3) is 0 Å². The Morgan fingerprint density at radius 2 is 1.73 bits per heavy atom. The molecule has 1 N–H and O–H groups in total. The molecule has 1 aromatic rings. The summed E-state index contributed by atoms with van der Waals surface area (Å²) < 4.78 is 8.31. The largest absolute Gasteiger partial charge is 0.457 e. The number of carbonyl (C=O) groups is 2. The summed E-state index contributed by atoms with van der Waals surface area (Å²) in [4.78, 5) is 23.8. The van der Waals surface area contributed by atoms with E-state index in [1.807, 2.05) is 0 Å². The third-order valence-corrected chi connectivity index (χ3v) is 2.48. The van der Waals surface area contributed by atoms with Crippen molar-refractivity contribution in [3.63, 3.8) is 0 Å². The molecule has 1 amide bonds. The molecule has 5 nitrogen and oxygen atoms in total. The van der Waals surface area contributed by atoms with Crippen LogP contribution in [0.1, 0.15) is 31.1 Å². The van der Waals surface area contributed by atoms with E-state index in [-0.39, 0.29) is 11.3 Å². The number of rotatable bonds is 3. The monoisotopic (exact) mass is 367 g/mol. The van der Waals surface area contributed by atoms with Crippen LogP contribution in [-0.2, 0) is 9.47 Å². The van der Waals surface area contributed by atoms with Crippen LogP contribution in [-0.4, -0.2) is 28.1 Å². The Morgan fingerprint density at radius 3 is 2.27 bits per heavy atom. The minimum atomic E-state index is -1.71. The first kappa shape index (κ1) is 18.9. The van der Waals surface area contributed by atoms with E-state index in [4.69, 9.17) is 44.3 Å². The van der Waals surface area contributed by atoms with Gasteiger partial charge in [0.05, 0.1) is 11.3 Å². The van der Waals surface area contributed by atoms with Crippen LogP contribution in [0.3, 0.4) is 0 Å². The van der Waals surface area contributed by atoms with E-state index in [0.29, 0.717) is 0 Å². The molecule has 0 saturated heterocycles. The van der Waals surface area contributed by atoms with Crippen LogP contribution in [0, 0.1) is 0 Å². The molecule has 0 saturated carbocycles. The van der Waals surface area contributed by atoms with Gasteiger partial charge < -0.3 is 9.47 Å². The van der Waals surface area contributed by atoms with E-state index in [1.54, 1.807) is 32.9 Å². The molecule has 0 radical (unpaired) electrons. The Balaban J connectivity index is 2.81. The first-order valence-electron chi connectivity index (χ1n) is 6.31. The van der Waals surface area contributed by atoms with E-state index in [2.05, 4.69) is 5.32 Å². The van der Waals surface area contributed by atoms with Gasteiger partial charge >= 0.3 is 12.1 Å². The van der Waals surface area contributed by atoms with E-state index >= 15 is 0 Å². The second kappa shape index (κ2) is 7.40. The van der Waals surface area contributed by atoms with Crippen molar-refractivity contribution in [1.29, 1.82) is 0 Å². The van der Waals surface area contributed by atoms with Crippen molar-refractivity contribution in [2.45, 2.75) is 30.2 Å². The summed E-state index contributed by atoms with van der Waals surface area (Å²) in [6.45, 7) is 4.78. The summed E-state index contributed by atoms with van der Waals surface area (Å²) in [5.41, 5.74) is -0.289. The lowest BCUT2D eigenvalue weighted by molar-refractivity contribution is 0.0513. The molecule has 0 aliphatic rings. The van der Waals surface area contributed by atoms with Gasteiger partial charge in [0.2, 0.25) is 3.79 Å². The fraction of sp³-hybridized carbons (Fsp3) is 0.429. The zero-order chi connectivity index (χ0) is 17.0. The molecule has 22 heavy (non-hydrogen) atoms. The van der Waals surface area contributed by atoms with Gasteiger partial charge in [-0.05, 0) is 32.9 Å². The Kier molecular flexibility index (Phi) is 6.35. The number of benzene rings is 1. The molecule has 0 spiro atoms. The highest BCUT2D eigenvalue weighted by molar-refractivity contribution is 6.67. The van der Waals surface area contributed by atoms with Gasteiger partial charge in [-0.15, -0.1) is 0 Å². The van der Waals surface area contributed by atoms with Crippen LogP contribution in [0.4, 0.5) is 10.5 Å². The molecule has 0 unspecified atom stereocenters. The lowest BCUT2D eigenvalue weighted by Gasteiger charge is -2.20. The highest BCUT2D eigenvalue weighted by atomic mass is 35.6. The molecule has 0 heterocycles. The fourth-order valence-electron chi connectivity index (χ4n) is 1.41. The number of hydrogen-bond donors (Lipinski definition) is 1. The van der Waals surface area contributed by atoms with Gasteiger partial charge in [-0.3, -0.25) is 5.32 Å². The van der Waals surface area contributed by atoms with E-state index in [1.165, 1.54) is 12.1 Å². The summed E-state index contributed by atoms with van der Waals surface area (Å²) >= 11 is 16.6. The second-order valence-corrected chi connectivity index (χ2v) is 7.88. The van der Waals surface area contributed by atoms with Crippen LogP contribution in [0.15, 0.2) is 24.3 Å². The lowest BCUT2D eigenvalue weighted by atomic mass is 10.2. The first-order chi connectivity index (χ1) is 9.98. The van der Waals surface area contributed by atoms with Crippen molar-refractivity contribution in [3.8, 4) is 0 Å². The zero-order valence-corrected chi connectivity index (χ0v) is 14.6. The third-order valence-electron chi connectivity index (χ3n) is 2.15. The smallest absolute Gasteiger partial charge is 0.412 e. The van der Waals surface area contributed by atoms with Crippen molar-refractivity contribution >= 4 is 52.6 Å². The number of para-hydroxylation sites is 1. The summed E-state index contributed by atoms with van der Waals surface area (Å²) in [5.74, 6) is -0.724.